The zero-order valence-corrected chi connectivity index (χ0v) is 12.0. The summed E-state index contributed by atoms with van der Waals surface area (Å²) in [6.07, 6.45) is 4.83. The SMILES string of the molecule is C=C(C)C(=O)NCCC.CCCC=C(C)C(N)=O. The molecule has 0 unspecified atom stereocenters. The van der Waals surface area contributed by atoms with E-state index < -0.39 is 0 Å². The first-order valence-corrected chi connectivity index (χ1v) is 6.27. The van der Waals surface area contributed by atoms with Gasteiger partial charge in [0.1, 0.15) is 0 Å². The van der Waals surface area contributed by atoms with Crippen LogP contribution in [-0.2, 0) is 9.59 Å². The van der Waals surface area contributed by atoms with Gasteiger partial charge in [-0.25, -0.2) is 0 Å². The quantitative estimate of drug-likeness (QED) is 0.714. The summed E-state index contributed by atoms with van der Waals surface area (Å²) in [7, 11) is 0. The molecule has 0 radical (unpaired) electrons. The molecule has 0 rings (SSSR count). The number of primary amides is 1. The van der Waals surface area contributed by atoms with Crippen molar-refractivity contribution in [3.8, 4) is 0 Å². The lowest BCUT2D eigenvalue weighted by Crippen LogP contribution is -2.24. The van der Waals surface area contributed by atoms with Gasteiger partial charge in [0.25, 0.3) is 0 Å². The average Bonchev–Trinajstić information content (AvgIpc) is 2.33. The Morgan fingerprint density at radius 2 is 1.78 bits per heavy atom. The molecule has 18 heavy (non-hydrogen) atoms. The standard InChI is InChI=1S/2C7H13NO/c1-4-5-8-7(9)6(2)3;1-3-4-5-6(2)7(8)9/h2,4-5H2,1,3H3,(H,8,9);5H,3-4H2,1-2H3,(H2,8,9). The van der Waals surface area contributed by atoms with Crippen LogP contribution in [-0.4, -0.2) is 18.4 Å². The number of amides is 2. The van der Waals surface area contributed by atoms with Crippen molar-refractivity contribution in [1.29, 1.82) is 0 Å². The Morgan fingerprint density at radius 1 is 1.22 bits per heavy atom. The second-order valence-corrected chi connectivity index (χ2v) is 4.08. The van der Waals surface area contributed by atoms with Gasteiger partial charge in [0.15, 0.2) is 0 Å². The number of unbranched alkanes of at least 4 members (excludes halogenated alkanes) is 1. The highest BCUT2D eigenvalue weighted by Crippen LogP contribution is 1.95. The van der Waals surface area contributed by atoms with E-state index in [-0.39, 0.29) is 11.8 Å². The number of hydrogen-bond donors (Lipinski definition) is 2. The average molecular weight is 254 g/mol. The van der Waals surface area contributed by atoms with E-state index in [0.717, 1.165) is 25.8 Å². The summed E-state index contributed by atoms with van der Waals surface area (Å²) < 4.78 is 0. The lowest BCUT2D eigenvalue weighted by atomic mass is 10.2. The Morgan fingerprint density at radius 3 is 2.11 bits per heavy atom. The van der Waals surface area contributed by atoms with Crippen LogP contribution in [0.4, 0.5) is 0 Å². The molecule has 0 bridgehead atoms. The fraction of sp³-hybridized carbons (Fsp3) is 0.571. The summed E-state index contributed by atoms with van der Waals surface area (Å²) in [6.45, 7) is 11.7. The van der Waals surface area contributed by atoms with Gasteiger partial charge in [0, 0.05) is 17.7 Å². The van der Waals surface area contributed by atoms with Crippen molar-refractivity contribution >= 4 is 11.8 Å². The number of hydrogen-bond acceptors (Lipinski definition) is 2. The maximum absolute atomic E-state index is 10.7. The predicted octanol–water partition coefficient (Wildman–Crippen LogP) is 2.31. The van der Waals surface area contributed by atoms with Crippen LogP contribution in [0.2, 0.25) is 0 Å². The summed E-state index contributed by atoms with van der Waals surface area (Å²) in [5, 5.41) is 2.69. The van der Waals surface area contributed by atoms with E-state index in [1.165, 1.54) is 0 Å². The van der Waals surface area contributed by atoms with Crippen LogP contribution in [0, 0.1) is 0 Å². The van der Waals surface area contributed by atoms with Gasteiger partial charge < -0.3 is 11.1 Å². The van der Waals surface area contributed by atoms with Crippen molar-refractivity contribution in [3.05, 3.63) is 23.8 Å². The smallest absolute Gasteiger partial charge is 0.246 e. The van der Waals surface area contributed by atoms with E-state index in [2.05, 4.69) is 18.8 Å². The number of carbonyl (C=O) groups excluding carboxylic acids is 2. The van der Waals surface area contributed by atoms with E-state index in [1.807, 2.05) is 13.0 Å². The molecule has 0 aliphatic heterocycles. The number of nitrogens with one attached hydrogen (secondary N) is 1. The highest BCUT2D eigenvalue weighted by Gasteiger charge is 1.96. The molecule has 4 nitrogen and oxygen atoms in total. The van der Waals surface area contributed by atoms with Crippen LogP contribution < -0.4 is 11.1 Å². The third-order valence-corrected chi connectivity index (χ3v) is 2.05. The first-order valence-electron chi connectivity index (χ1n) is 6.27. The minimum atomic E-state index is -0.316. The van der Waals surface area contributed by atoms with Crippen LogP contribution in [0.3, 0.4) is 0 Å². The Hall–Kier alpha value is -1.58. The van der Waals surface area contributed by atoms with Crippen molar-refractivity contribution in [2.75, 3.05) is 6.54 Å². The highest BCUT2D eigenvalue weighted by atomic mass is 16.2. The zero-order valence-electron chi connectivity index (χ0n) is 12.0. The molecule has 0 aromatic rings. The Bertz CT molecular complexity index is 307. The third-order valence-electron chi connectivity index (χ3n) is 2.05. The van der Waals surface area contributed by atoms with Crippen LogP contribution >= 0.6 is 0 Å². The number of nitrogens with two attached hydrogens (primary N) is 1. The molecule has 0 heterocycles. The van der Waals surface area contributed by atoms with E-state index in [4.69, 9.17) is 5.73 Å². The highest BCUT2D eigenvalue weighted by molar-refractivity contribution is 5.92. The van der Waals surface area contributed by atoms with Gasteiger partial charge in [-0.3, -0.25) is 9.59 Å². The normalized spacial score (nSPS) is 10.1. The zero-order chi connectivity index (χ0) is 14.6. The minimum absolute atomic E-state index is 0.0446. The molecule has 0 aromatic carbocycles. The maximum Gasteiger partial charge on any atom is 0.246 e. The molecule has 0 aliphatic rings. The molecule has 0 atom stereocenters. The van der Waals surface area contributed by atoms with Crippen LogP contribution in [0.1, 0.15) is 47.0 Å². The van der Waals surface area contributed by atoms with Crippen LogP contribution in [0.5, 0.6) is 0 Å². The molecule has 0 fully saturated rings. The van der Waals surface area contributed by atoms with Gasteiger partial charge in [-0.15, -0.1) is 0 Å². The Kier molecular flexibility index (Phi) is 12.4. The monoisotopic (exact) mass is 254 g/mol. The van der Waals surface area contributed by atoms with Crippen molar-refractivity contribution in [2.24, 2.45) is 5.73 Å². The van der Waals surface area contributed by atoms with Crippen LogP contribution in [0.15, 0.2) is 23.8 Å². The second kappa shape index (κ2) is 11.9. The fourth-order valence-corrected chi connectivity index (χ4v) is 0.851. The second-order valence-electron chi connectivity index (χ2n) is 4.08. The van der Waals surface area contributed by atoms with Gasteiger partial charge in [0.05, 0.1) is 0 Å². The molecule has 0 aromatic heterocycles. The summed E-state index contributed by atoms with van der Waals surface area (Å²) in [4.78, 5) is 21.1. The predicted molar refractivity (Wildman–Crippen MR) is 76.0 cm³/mol. The van der Waals surface area contributed by atoms with Gasteiger partial charge in [-0.1, -0.05) is 32.9 Å². The number of carbonyl (C=O) groups is 2. The summed E-state index contributed by atoms with van der Waals surface area (Å²) in [5.41, 5.74) is 6.21. The Balaban J connectivity index is 0. The van der Waals surface area contributed by atoms with Crippen LogP contribution in [0.25, 0.3) is 0 Å². The van der Waals surface area contributed by atoms with Crippen molar-refractivity contribution < 1.29 is 9.59 Å². The van der Waals surface area contributed by atoms with E-state index >= 15 is 0 Å². The third kappa shape index (κ3) is 12.5. The minimum Gasteiger partial charge on any atom is -0.366 e. The molecular formula is C14H26N2O2. The van der Waals surface area contributed by atoms with Gasteiger partial charge in [-0.2, -0.15) is 0 Å². The molecule has 4 heteroatoms. The summed E-state index contributed by atoms with van der Waals surface area (Å²) in [6, 6.07) is 0. The molecule has 0 spiro atoms. The topological polar surface area (TPSA) is 72.2 Å². The maximum atomic E-state index is 10.7. The molecule has 104 valence electrons. The van der Waals surface area contributed by atoms with Crippen molar-refractivity contribution in [2.45, 2.75) is 47.0 Å². The lowest BCUT2D eigenvalue weighted by molar-refractivity contribution is -0.117. The summed E-state index contributed by atoms with van der Waals surface area (Å²) >= 11 is 0. The number of rotatable bonds is 6. The Labute approximate surface area is 110 Å². The van der Waals surface area contributed by atoms with Gasteiger partial charge >= 0.3 is 0 Å². The molecule has 2 amide bonds. The number of allylic oxidation sites excluding steroid dienone is 1. The lowest BCUT2D eigenvalue weighted by Gasteiger charge is -1.99. The largest absolute Gasteiger partial charge is 0.366 e. The van der Waals surface area contributed by atoms with E-state index in [1.54, 1.807) is 13.8 Å². The molecule has 0 aliphatic carbocycles. The molecule has 0 saturated carbocycles. The molecular weight excluding hydrogens is 228 g/mol. The first kappa shape index (κ1) is 18.8. The first-order chi connectivity index (χ1) is 8.36. The van der Waals surface area contributed by atoms with E-state index in [0.29, 0.717) is 11.1 Å². The van der Waals surface area contributed by atoms with Gasteiger partial charge in [0.2, 0.25) is 11.8 Å². The van der Waals surface area contributed by atoms with Crippen molar-refractivity contribution in [3.63, 3.8) is 0 Å². The van der Waals surface area contributed by atoms with E-state index in [9.17, 15) is 9.59 Å². The fourth-order valence-electron chi connectivity index (χ4n) is 0.851. The van der Waals surface area contributed by atoms with Gasteiger partial charge in [-0.05, 0) is 26.7 Å². The van der Waals surface area contributed by atoms with Crippen molar-refractivity contribution in [1.82, 2.24) is 5.32 Å². The summed E-state index contributed by atoms with van der Waals surface area (Å²) in [5.74, 6) is -0.361. The molecule has 0 saturated heterocycles. The molecule has 3 N–H and O–H groups in total.